The molecular formula is C12H22N2O3S. The van der Waals surface area contributed by atoms with Crippen LogP contribution in [-0.4, -0.2) is 51.5 Å². The Morgan fingerprint density at radius 1 is 1.44 bits per heavy atom. The van der Waals surface area contributed by atoms with Gasteiger partial charge in [0.1, 0.15) is 0 Å². The smallest absolute Gasteiger partial charge is 0.303 e. The van der Waals surface area contributed by atoms with Gasteiger partial charge in [-0.05, 0) is 12.8 Å². The van der Waals surface area contributed by atoms with Gasteiger partial charge in [0.2, 0.25) is 5.91 Å². The maximum atomic E-state index is 12.1. The Morgan fingerprint density at radius 3 is 2.72 bits per heavy atom. The lowest BCUT2D eigenvalue weighted by Crippen LogP contribution is -2.45. The van der Waals surface area contributed by atoms with E-state index in [1.165, 1.54) is 0 Å². The highest BCUT2D eigenvalue weighted by molar-refractivity contribution is 8.00. The number of carboxylic acids is 1. The SMILES string of the molecule is CC1(C)CCN(C(=O)C(N)CCC(=O)O)CCS1. The average Bonchev–Trinajstić information content (AvgIpc) is 2.46. The lowest BCUT2D eigenvalue weighted by atomic mass is 10.1. The van der Waals surface area contributed by atoms with Gasteiger partial charge in [-0.1, -0.05) is 13.8 Å². The van der Waals surface area contributed by atoms with Gasteiger partial charge in [-0.3, -0.25) is 9.59 Å². The second-order valence-electron chi connectivity index (χ2n) is 5.22. The molecule has 1 atom stereocenters. The van der Waals surface area contributed by atoms with Gasteiger partial charge in [-0.15, -0.1) is 0 Å². The van der Waals surface area contributed by atoms with Gasteiger partial charge in [0.25, 0.3) is 0 Å². The number of amides is 1. The molecule has 0 aromatic heterocycles. The summed E-state index contributed by atoms with van der Waals surface area (Å²) < 4.78 is 0.195. The summed E-state index contributed by atoms with van der Waals surface area (Å²) in [4.78, 5) is 24.3. The van der Waals surface area contributed by atoms with Gasteiger partial charge in [0, 0.05) is 30.0 Å². The van der Waals surface area contributed by atoms with Crippen molar-refractivity contribution in [1.29, 1.82) is 0 Å². The standard InChI is InChI=1S/C12H22N2O3S/c1-12(2)5-6-14(7-8-18-12)11(17)9(13)3-4-10(15)16/h9H,3-8,13H2,1-2H3,(H,15,16). The fraction of sp³-hybridized carbons (Fsp3) is 0.833. The largest absolute Gasteiger partial charge is 0.481 e. The monoisotopic (exact) mass is 274 g/mol. The molecule has 0 aromatic carbocycles. The number of carbonyl (C=O) groups excluding carboxylic acids is 1. The molecular weight excluding hydrogens is 252 g/mol. The zero-order valence-electron chi connectivity index (χ0n) is 11.0. The molecule has 3 N–H and O–H groups in total. The lowest BCUT2D eigenvalue weighted by molar-refractivity contribution is -0.137. The molecule has 0 aromatic rings. The third-order valence-electron chi connectivity index (χ3n) is 3.14. The zero-order valence-corrected chi connectivity index (χ0v) is 11.8. The van der Waals surface area contributed by atoms with Crippen molar-refractivity contribution in [2.24, 2.45) is 5.73 Å². The van der Waals surface area contributed by atoms with Crippen LogP contribution in [0.5, 0.6) is 0 Å². The van der Waals surface area contributed by atoms with E-state index < -0.39 is 12.0 Å². The number of carbonyl (C=O) groups is 2. The predicted molar refractivity (Wildman–Crippen MR) is 72.6 cm³/mol. The summed E-state index contributed by atoms with van der Waals surface area (Å²) in [6.07, 6.45) is 1.09. The van der Waals surface area contributed by atoms with E-state index in [0.717, 1.165) is 12.2 Å². The Bertz CT molecular complexity index is 320. The van der Waals surface area contributed by atoms with Crippen LogP contribution < -0.4 is 5.73 Å². The molecule has 1 aliphatic rings. The highest BCUT2D eigenvalue weighted by Crippen LogP contribution is 2.30. The van der Waals surface area contributed by atoms with E-state index in [4.69, 9.17) is 10.8 Å². The first-order chi connectivity index (χ1) is 8.32. The number of hydrogen-bond acceptors (Lipinski definition) is 4. The van der Waals surface area contributed by atoms with Crippen LogP contribution in [-0.2, 0) is 9.59 Å². The molecule has 1 heterocycles. The van der Waals surface area contributed by atoms with E-state index in [2.05, 4.69) is 13.8 Å². The highest BCUT2D eigenvalue weighted by Gasteiger charge is 2.28. The third kappa shape index (κ3) is 4.86. The maximum Gasteiger partial charge on any atom is 0.303 e. The molecule has 1 rings (SSSR count). The second-order valence-corrected chi connectivity index (χ2v) is 7.02. The number of thioether (sulfide) groups is 1. The molecule has 0 aliphatic carbocycles. The summed E-state index contributed by atoms with van der Waals surface area (Å²) in [5.74, 6) is -0.120. The van der Waals surface area contributed by atoms with Crippen molar-refractivity contribution in [2.75, 3.05) is 18.8 Å². The van der Waals surface area contributed by atoms with Crippen molar-refractivity contribution in [3.05, 3.63) is 0 Å². The van der Waals surface area contributed by atoms with Crippen LogP contribution in [0.3, 0.4) is 0 Å². The van der Waals surface area contributed by atoms with Crippen LogP contribution in [0, 0.1) is 0 Å². The molecule has 1 amide bonds. The first-order valence-electron chi connectivity index (χ1n) is 6.22. The Kier molecular flexibility index (Phi) is 5.47. The van der Waals surface area contributed by atoms with Gasteiger partial charge < -0.3 is 15.7 Å². The number of aliphatic carboxylic acids is 1. The van der Waals surface area contributed by atoms with E-state index in [9.17, 15) is 9.59 Å². The summed E-state index contributed by atoms with van der Waals surface area (Å²) in [6.45, 7) is 5.76. The molecule has 18 heavy (non-hydrogen) atoms. The van der Waals surface area contributed by atoms with Gasteiger partial charge >= 0.3 is 5.97 Å². The summed E-state index contributed by atoms with van der Waals surface area (Å²) in [6, 6.07) is -0.688. The topological polar surface area (TPSA) is 83.6 Å². The van der Waals surface area contributed by atoms with Crippen LogP contribution in [0.25, 0.3) is 0 Å². The van der Waals surface area contributed by atoms with Crippen molar-refractivity contribution < 1.29 is 14.7 Å². The number of carboxylic acid groups (broad SMARTS) is 1. The van der Waals surface area contributed by atoms with Crippen molar-refractivity contribution >= 4 is 23.6 Å². The Labute approximate surface area is 112 Å². The van der Waals surface area contributed by atoms with Crippen molar-refractivity contribution in [2.45, 2.75) is 43.9 Å². The average molecular weight is 274 g/mol. The van der Waals surface area contributed by atoms with Gasteiger partial charge in [-0.2, -0.15) is 11.8 Å². The fourth-order valence-electron chi connectivity index (χ4n) is 1.88. The minimum atomic E-state index is -0.911. The molecule has 0 radical (unpaired) electrons. The predicted octanol–water partition coefficient (Wildman–Crippen LogP) is 0.923. The van der Waals surface area contributed by atoms with E-state index in [1.807, 2.05) is 11.8 Å². The number of nitrogens with zero attached hydrogens (tertiary/aromatic N) is 1. The zero-order chi connectivity index (χ0) is 13.8. The van der Waals surface area contributed by atoms with Crippen molar-refractivity contribution in [3.8, 4) is 0 Å². The minimum absolute atomic E-state index is 0.0546. The molecule has 6 heteroatoms. The molecule has 104 valence electrons. The number of nitrogens with two attached hydrogens (primary N) is 1. The molecule has 1 unspecified atom stereocenters. The first-order valence-corrected chi connectivity index (χ1v) is 7.20. The van der Waals surface area contributed by atoms with Gasteiger partial charge in [0.05, 0.1) is 6.04 Å². The summed E-state index contributed by atoms with van der Waals surface area (Å²) >= 11 is 1.86. The van der Waals surface area contributed by atoms with E-state index in [1.54, 1.807) is 4.90 Å². The van der Waals surface area contributed by atoms with E-state index in [-0.39, 0.29) is 23.5 Å². The third-order valence-corrected chi connectivity index (χ3v) is 4.51. The quantitative estimate of drug-likeness (QED) is 0.796. The van der Waals surface area contributed by atoms with Crippen LogP contribution in [0.2, 0.25) is 0 Å². The number of rotatable bonds is 4. The minimum Gasteiger partial charge on any atom is -0.481 e. The Morgan fingerprint density at radius 2 is 2.11 bits per heavy atom. The van der Waals surface area contributed by atoms with Crippen LogP contribution in [0.4, 0.5) is 0 Å². The molecule has 0 spiro atoms. The summed E-state index contributed by atoms with van der Waals surface area (Å²) in [5.41, 5.74) is 5.75. The lowest BCUT2D eigenvalue weighted by Gasteiger charge is -2.25. The summed E-state index contributed by atoms with van der Waals surface area (Å²) in [5, 5.41) is 8.58. The maximum absolute atomic E-state index is 12.1. The highest BCUT2D eigenvalue weighted by atomic mass is 32.2. The normalized spacial score (nSPS) is 21.2. The van der Waals surface area contributed by atoms with Gasteiger partial charge in [0.15, 0.2) is 0 Å². The summed E-state index contributed by atoms with van der Waals surface area (Å²) in [7, 11) is 0. The molecule has 5 nitrogen and oxygen atoms in total. The molecule has 1 saturated heterocycles. The van der Waals surface area contributed by atoms with Crippen molar-refractivity contribution in [1.82, 2.24) is 4.90 Å². The second kappa shape index (κ2) is 6.43. The first kappa shape index (κ1) is 15.3. The Hall–Kier alpha value is -0.750. The molecule has 1 aliphatic heterocycles. The van der Waals surface area contributed by atoms with E-state index >= 15 is 0 Å². The molecule has 0 saturated carbocycles. The van der Waals surface area contributed by atoms with Crippen LogP contribution in [0.1, 0.15) is 33.1 Å². The Balaban J connectivity index is 2.48. The molecule has 1 fully saturated rings. The van der Waals surface area contributed by atoms with Crippen molar-refractivity contribution in [3.63, 3.8) is 0 Å². The fourth-order valence-corrected chi connectivity index (χ4v) is 2.98. The van der Waals surface area contributed by atoms with Crippen LogP contribution in [0.15, 0.2) is 0 Å². The van der Waals surface area contributed by atoms with E-state index in [0.29, 0.717) is 13.1 Å². The van der Waals surface area contributed by atoms with Crippen LogP contribution >= 0.6 is 11.8 Å². The molecule has 0 bridgehead atoms. The van der Waals surface area contributed by atoms with Gasteiger partial charge in [-0.25, -0.2) is 0 Å². The number of hydrogen-bond donors (Lipinski definition) is 2.